The van der Waals surface area contributed by atoms with E-state index in [-0.39, 0.29) is 4.90 Å². The van der Waals surface area contributed by atoms with E-state index in [2.05, 4.69) is 10.1 Å². The highest BCUT2D eigenvalue weighted by Gasteiger charge is 2.36. The second kappa shape index (κ2) is 6.49. The van der Waals surface area contributed by atoms with E-state index >= 15 is 0 Å². The van der Waals surface area contributed by atoms with E-state index in [9.17, 15) is 13.2 Å². The standard InChI is InChI=1S/C16H23N3O3S/c1-2-12-6-8-15(9-7-12)23(21,22)18-16(20)17-19-10-13-4-3-5-14(13)11-19/h6-9,13-14H,2-5,10-11H2,1H3,(H2,17,18,20). The molecule has 2 aliphatic rings. The van der Waals surface area contributed by atoms with Crippen molar-refractivity contribution < 1.29 is 13.2 Å². The van der Waals surface area contributed by atoms with Crippen LogP contribution in [0.2, 0.25) is 0 Å². The zero-order valence-electron chi connectivity index (χ0n) is 13.3. The molecule has 7 heteroatoms. The fraction of sp³-hybridized carbons (Fsp3) is 0.562. The number of carbonyl (C=O) groups excluding carboxylic acids is 1. The summed E-state index contributed by atoms with van der Waals surface area (Å²) in [5.41, 5.74) is 3.71. The van der Waals surface area contributed by atoms with Gasteiger partial charge in [-0.1, -0.05) is 25.5 Å². The first kappa shape index (κ1) is 16.3. The Bertz CT molecular complexity index is 660. The van der Waals surface area contributed by atoms with Crippen molar-refractivity contribution in [1.82, 2.24) is 15.2 Å². The molecule has 1 aromatic carbocycles. The summed E-state index contributed by atoms with van der Waals surface area (Å²) >= 11 is 0. The number of aryl methyl sites for hydroxylation is 1. The normalized spacial score (nSPS) is 24.4. The Morgan fingerprint density at radius 3 is 2.35 bits per heavy atom. The Hall–Kier alpha value is -1.60. The molecule has 0 bridgehead atoms. The van der Waals surface area contributed by atoms with Crippen molar-refractivity contribution in [3.05, 3.63) is 29.8 Å². The summed E-state index contributed by atoms with van der Waals surface area (Å²) in [6.45, 7) is 3.62. The van der Waals surface area contributed by atoms with Gasteiger partial charge in [0.05, 0.1) is 4.90 Å². The van der Waals surface area contributed by atoms with Gasteiger partial charge in [-0.2, -0.15) is 0 Å². The van der Waals surface area contributed by atoms with Gasteiger partial charge in [0.25, 0.3) is 10.0 Å². The number of sulfonamides is 1. The molecular weight excluding hydrogens is 314 g/mol. The Morgan fingerprint density at radius 1 is 1.17 bits per heavy atom. The van der Waals surface area contributed by atoms with Crippen LogP contribution in [0.25, 0.3) is 0 Å². The Morgan fingerprint density at radius 2 is 1.78 bits per heavy atom. The number of benzene rings is 1. The number of amides is 2. The molecule has 1 heterocycles. The predicted octanol–water partition coefficient (Wildman–Crippen LogP) is 1.88. The van der Waals surface area contributed by atoms with Crippen molar-refractivity contribution in [3.63, 3.8) is 0 Å². The molecule has 0 radical (unpaired) electrons. The fourth-order valence-corrected chi connectivity index (χ4v) is 4.48. The Kier molecular flexibility index (Phi) is 4.59. The van der Waals surface area contributed by atoms with Crippen LogP contribution in [0.1, 0.15) is 31.7 Å². The monoisotopic (exact) mass is 337 g/mol. The molecule has 1 saturated heterocycles. The van der Waals surface area contributed by atoms with E-state index in [1.807, 2.05) is 11.9 Å². The number of hydrazine groups is 1. The molecule has 3 rings (SSSR count). The van der Waals surface area contributed by atoms with Crippen LogP contribution < -0.4 is 10.1 Å². The average Bonchev–Trinajstić information content (AvgIpc) is 3.07. The quantitative estimate of drug-likeness (QED) is 0.879. The minimum absolute atomic E-state index is 0.100. The molecule has 0 aromatic heterocycles. The lowest BCUT2D eigenvalue weighted by Gasteiger charge is -2.18. The van der Waals surface area contributed by atoms with Crippen LogP contribution in [0.3, 0.4) is 0 Å². The van der Waals surface area contributed by atoms with Gasteiger partial charge in [0.2, 0.25) is 0 Å². The lowest BCUT2D eigenvalue weighted by atomic mass is 10.0. The first-order chi connectivity index (χ1) is 11.0. The van der Waals surface area contributed by atoms with Crippen molar-refractivity contribution in [2.45, 2.75) is 37.5 Å². The lowest BCUT2D eigenvalue weighted by Crippen LogP contribution is -2.48. The van der Waals surface area contributed by atoms with Gasteiger partial charge in [-0.05, 0) is 48.8 Å². The number of nitrogens with zero attached hydrogens (tertiary/aromatic N) is 1. The number of hydrogen-bond acceptors (Lipinski definition) is 4. The van der Waals surface area contributed by atoms with E-state index in [0.717, 1.165) is 25.1 Å². The van der Waals surface area contributed by atoms with Crippen LogP contribution in [0.15, 0.2) is 29.2 Å². The minimum Gasteiger partial charge on any atom is -0.270 e. The van der Waals surface area contributed by atoms with E-state index < -0.39 is 16.1 Å². The molecule has 0 spiro atoms. The maximum atomic E-state index is 12.2. The van der Waals surface area contributed by atoms with Crippen molar-refractivity contribution in [1.29, 1.82) is 0 Å². The summed E-state index contributed by atoms with van der Waals surface area (Å²) in [4.78, 5) is 12.1. The summed E-state index contributed by atoms with van der Waals surface area (Å²) in [5.74, 6) is 1.27. The zero-order chi connectivity index (χ0) is 16.4. The minimum atomic E-state index is -3.83. The van der Waals surface area contributed by atoms with Gasteiger partial charge in [-0.15, -0.1) is 0 Å². The molecule has 1 saturated carbocycles. The second-order valence-corrected chi connectivity index (χ2v) is 8.08. The third-order valence-electron chi connectivity index (χ3n) is 4.85. The van der Waals surface area contributed by atoms with Crippen molar-refractivity contribution >= 4 is 16.1 Å². The number of rotatable bonds is 4. The van der Waals surface area contributed by atoms with Crippen LogP contribution in [-0.2, 0) is 16.4 Å². The summed E-state index contributed by atoms with van der Waals surface area (Å²) < 4.78 is 26.5. The fourth-order valence-electron chi connectivity index (χ4n) is 3.58. The van der Waals surface area contributed by atoms with Crippen molar-refractivity contribution in [3.8, 4) is 0 Å². The van der Waals surface area contributed by atoms with Gasteiger partial charge in [0.1, 0.15) is 0 Å². The summed E-state index contributed by atoms with van der Waals surface area (Å²) in [6, 6.07) is 5.87. The Labute approximate surface area is 137 Å². The van der Waals surface area contributed by atoms with Crippen LogP contribution >= 0.6 is 0 Å². The molecular formula is C16H23N3O3S. The third kappa shape index (κ3) is 3.67. The van der Waals surface area contributed by atoms with Gasteiger partial charge in [0.15, 0.2) is 0 Å². The molecule has 1 aliphatic heterocycles. The smallest absolute Gasteiger partial charge is 0.270 e. The van der Waals surface area contributed by atoms with Gasteiger partial charge < -0.3 is 0 Å². The first-order valence-corrected chi connectivity index (χ1v) is 9.63. The highest BCUT2D eigenvalue weighted by Crippen LogP contribution is 2.36. The van der Waals surface area contributed by atoms with Gasteiger partial charge >= 0.3 is 6.03 Å². The molecule has 1 aliphatic carbocycles. The zero-order valence-corrected chi connectivity index (χ0v) is 14.1. The molecule has 2 amide bonds. The molecule has 1 aromatic rings. The van der Waals surface area contributed by atoms with Crippen LogP contribution in [0.4, 0.5) is 4.79 Å². The number of urea groups is 1. The highest BCUT2D eigenvalue weighted by molar-refractivity contribution is 7.90. The molecule has 126 valence electrons. The van der Waals surface area contributed by atoms with Crippen LogP contribution in [0, 0.1) is 11.8 Å². The molecule has 2 unspecified atom stereocenters. The number of hydrogen-bond donors (Lipinski definition) is 2. The molecule has 2 fully saturated rings. The molecule has 2 N–H and O–H groups in total. The maximum absolute atomic E-state index is 12.2. The van der Waals surface area contributed by atoms with E-state index in [4.69, 9.17) is 0 Å². The molecule has 23 heavy (non-hydrogen) atoms. The molecule has 6 nitrogen and oxygen atoms in total. The summed E-state index contributed by atoms with van der Waals surface area (Å²) in [7, 11) is -3.83. The van der Waals surface area contributed by atoms with Gasteiger partial charge in [-0.3, -0.25) is 5.43 Å². The largest absolute Gasteiger partial charge is 0.343 e. The summed E-state index contributed by atoms with van der Waals surface area (Å²) in [5, 5.41) is 1.83. The van der Waals surface area contributed by atoms with Crippen molar-refractivity contribution in [2.75, 3.05) is 13.1 Å². The average molecular weight is 337 g/mol. The predicted molar refractivity (Wildman–Crippen MR) is 87.1 cm³/mol. The number of carbonyl (C=O) groups is 1. The lowest BCUT2D eigenvalue weighted by molar-refractivity contribution is 0.195. The second-order valence-electron chi connectivity index (χ2n) is 6.40. The summed E-state index contributed by atoms with van der Waals surface area (Å²) in [6.07, 6.45) is 4.50. The number of fused-ring (bicyclic) bond motifs is 1. The topological polar surface area (TPSA) is 78.5 Å². The van der Waals surface area contributed by atoms with Crippen LogP contribution in [-0.4, -0.2) is 32.5 Å². The maximum Gasteiger partial charge on any atom is 0.343 e. The van der Waals surface area contributed by atoms with Gasteiger partial charge in [0, 0.05) is 13.1 Å². The van der Waals surface area contributed by atoms with Gasteiger partial charge in [-0.25, -0.2) is 22.9 Å². The molecule has 2 atom stereocenters. The van der Waals surface area contributed by atoms with E-state index in [0.29, 0.717) is 11.8 Å². The van der Waals surface area contributed by atoms with E-state index in [1.54, 1.807) is 12.1 Å². The highest BCUT2D eigenvalue weighted by atomic mass is 32.2. The third-order valence-corrected chi connectivity index (χ3v) is 6.20. The first-order valence-electron chi connectivity index (χ1n) is 8.15. The SMILES string of the molecule is CCc1ccc(S(=O)(=O)NC(=O)NN2CC3CCCC3C2)cc1. The Balaban J connectivity index is 1.58. The van der Waals surface area contributed by atoms with Crippen molar-refractivity contribution in [2.24, 2.45) is 11.8 Å². The van der Waals surface area contributed by atoms with E-state index in [1.165, 1.54) is 31.4 Å². The van der Waals surface area contributed by atoms with Crippen LogP contribution in [0.5, 0.6) is 0 Å². The number of nitrogens with one attached hydrogen (secondary N) is 2.